The Morgan fingerprint density at radius 3 is 2.94 bits per heavy atom. The van der Waals surface area contributed by atoms with Gasteiger partial charge in [-0.25, -0.2) is 0 Å². The van der Waals surface area contributed by atoms with Crippen molar-refractivity contribution in [2.75, 3.05) is 5.73 Å². The molecule has 5 nitrogen and oxygen atoms in total. The Morgan fingerprint density at radius 1 is 1.44 bits per heavy atom. The van der Waals surface area contributed by atoms with Crippen LogP contribution in [-0.2, 0) is 0 Å². The van der Waals surface area contributed by atoms with E-state index >= 15 is 0 Å². The number of hydrogen-bond donors (Lipinski definition) is 2. The molecule has 1 amide bonds. The van der Waals surface area contributed by atoms with Crippen molar-refractivity contribution in [2.45, 2.75) is 18.9 Å². The molecular weight excluding hydrogens is 248 g/mol. The number of carbonyl (C=O) groups excluding carboxylic acids is 1. The smallest absolute Gasteiger partial charge is 0.263 e. The average Bonchev–Trinajstić information content (AvgIpc) is 2.98. The van der Waals surface area contributed by atoms with Crippen molar-refractivity contribution in [2.24, 2.45) is 0 Å². The van der Waals surface area contributed by atoms with Crippen LogP contribution in [-0.4, -0.2) is 22.1 Å². The third-order valence-electron chi connectivity index (χ3n) is 2.97. The van der Waals surface area contributed by atoms with E-state index in [0.717, 1.165) is 18.2 Å². The summed E-state index contributed by atoms with van der Waals surface area (Å²) < 4.78 is 0. The fourth-order valence-electron chi connectivity index (χ4n) is 2.03. The zero-order valence-electron chi connectivity index (χ0n) is 9.59. The summed E-state index contributed by atoms with van der Waals surface area (Å²) in [4.78, 5) is 13.4. The van der Waals surface area contributed by atoms with E-state index in [9.17, 15) is 4.79 Å². The van der Waals surface area contributed by atoms with Crippen LogP contribution in [0.25, 0.3) is 10.2 Å². The van der Waals surface area contributed by atoms with Gasteiger partial charge in [0.2, 0.25) is 0 Å². The molecular formula is C12H12N4OS. The Kier molecular flexibility index (Phi) is 2.71. The lowest BCUT2D eigenvalue weighted by molar-refractivity contribution is 0.0944. The molecule has 2 aromatic rings. The molecule has 0 fully saturated rings. The number of nitrogens with two attached hydrogens (primary N) is 1. The van der Waals surface area contributed by atoms with Crippen LogP contribution in [0.3, 0.4) is 0 Å². The van der Waals surface area contributed by atoms with Gasteiger partial charge in [-0.15, -0.1) is 16.4 Å². The summed E-state index contributed by atoms with van der Waals surface area (Å²) in [5, 5.41) is 11.5. The lowest BCUT2D eigenvalue weighted by atomic mass is 10.2. The van der Waals surface area contributed by atoms with Gasteiger partial charge >= 0.3 is 0 Å². The molecule has 3 N–H and O–H groups in total. The Bertz CT molecular complexity index is 626. The highest BCUT2D eigenvalue weighted by Crippen LogP contribution is 2.31. The van der Waals surface area contributed by atoms with Crippen LogP contribution in [0.2, 0.25) is 0 Å². The zero-order valence-corrected chi connectivity index (χ0v) is 10.4. The van der Waals surface area contributed by atoms with Crippen LogP contribution in [0.5, 0.6) is 0 Å². The average molecular weight is 260 g/mol. The number of rotatable bonds is 2. The normalized spacial score (nSPS) is 15.3. The maximum atomic E-state index is 12.1. The molecule has 0 saturated heterocycles. The van der Waals surface area contributed by atoms with E-state index in [4.69, 9.17) is 5.73 Å². The summed E-state index contributed by atoms with van der Waals surface area (Å²) in [7, 11) is 0. The Balaban J connectivity index is 1.89. The number of nitrogens with one attached hydrogen (secondary N) is 1. The summed E-state index contributed by atoms with van der Waals surface area (Å²) in [6.45, 7) is 0. The second-order valence-electron chi connectivity index (χ2n) is 4.21. The monoisotopic (exact) mass is 260 g/mol. The number of carbonyl (C=O) groups is 1. The molecule has 0 aliphatic heterocycles. The Labute approximate surface area is 108 Å². The molecule has 0 saturated carbocycles. The predicted octanol–water partition coefficient (Wildman–Crippen LogP) is 1.72. The van der Waals surface area contributed by atoms with Crippen molar-refractivity contribution in [3.05, 3.63) is 29.3 Å². The third kappa shape index (κ3) is 1.84. The van der Waals surface area contributed by atoms with Crippen LogP contribution in [0.15, 0.2) is 24.4 Å². The van der Waals surface area contributed by atoms with E-state index < -0.39 is 0 Å². The maximum absolute atomic E-state index is 12.1. The number of hydrogen-bond acceptors (Lipinski definition) is 5. The van der Waals surface area contributed by atoms with Crippen LogP contribution >= 0.6 is 11.3 Å². The molecule has 1 aliphatic carbocycles. The first-order valence-electron chi connectivity index (χ1n) is 5.71. The van der Waals surface area contributed by atoms with Gasteiger partial charge < -0.3 is 11.1 Å². The molecule has 0 aromatic carbocycles. The van der Waals surface area contributed by atoms with Crippen molar-refractivity contribution >= 4 is 33.1 Å². The van der Waals surface area contributed by atoms with Crippen molar-refractivity contribution in [1.29, 1.82) is 0 Å². The molecule has 1 aliphatic rings. The fourth-order valence-corrected chi connectivity index (χ4v) is 2.97. The summed E-state index contributed by atoms with van der Waals surface area (Å²) >= 11 is 1.28. The third-order valence-corrected chi connectivity index (χ3v) is 4.07. The lowest BCUT2D eigenvalue weighted by Gasteiger charge is -2.11. The van der Waals surface area contributed by atoms with E-state index in [1.165, 1.54) is 11.3 Å². The molecule has 0 spiro atoms. The van der Waals surface area contributed by atoms with E-state index in [1.807, 2.05) is 0 Å². The van der Waals surface area contributed by atoms with Gasteiger partial charge in [0.15, 0.2) is 0 Å². The van der Waals surface area contributed by atoms with Gasteiger partial charge in [0, 0.05) is 11.4 Å². The lowest BCUT2D eigenvalue weighted by Crippen LogP contribution is -2.32. The zero-order chi connectivity index (χ0) is 12.5. The molecule has 2 heterocycles. The first-order valence-corrected chi connectivity index (χ1v) is 6.53. The topological polar surface area (TPSA) is 80.9 Å². The summed E-state index contributed by atoms with van der Waals surface area (Å²) in [6.07, 6.45) is 7.50. The van der Waals surface area contributed by atoms with Gasteiger partial charge in [-0.05, 0) is 18.9 Å². The van der Waals surface area contributed by atoms with Crippen LogP contribution in [0, 0.1) is 0 Å². The van der Waals surface area contributed by atoms with Crippen molar-refractivity contribution in [3.8, 4) is 0 Å². The SMILES string of the molecule is Nc1c(C(=O)NC2CC=CC2)sc2nnccc12. The standard InChI is InChI=1S/C12H12N4OS/c13-9-8-5-6-14-16-12(8)18-10(9)11(17)15-7-3-1-2-4-7/h1-2,5-7H,3-4,13H2,(H,15,17). The second kappa shape index (κ2) is 4.38. The minimum Gasteiger partial charge on any atom is -0.397 e. The molecule has 92 valence electrons. The number of anilines is 1. The quantitative estimate of drug-likeness (QED) is 0.806. The van der Waals surface area contributed by atoms with Crippen LogP contribution < -0.4 is 11.1 Å². The minimum absolute atomic E-state index is 0.121. The van der Waals surface area contributed by atoms with E-state index in [0.29, 0.717) is 15.4 Å². The molecule has 0 unspecified atom stereocenters. The van der Waals surface area contributed by atoms with Gasteiger partial charge in [0.05, 0.1) is 11.9 Å². The van der Waals surface area contributed by atoms with Crippen molar-refractivity contribution in [1.82, 2.24) is 15.5 Å². The molecule has 0 radical (unpaired) electrons. The number of fused-ring (bicyclic) bond motifs is 1. The summed E-state index contributed by atoms with van der Waals surface area (Å²) in [6, 6.07) is 1.97. The van der Waals surface area contributed by atoms with E-state index in [2.05, 4.69) is 27.7 Å². The molecule has 2 aromatic heterocycles. The van der Waals surface area contributed by atoms with Crippen molar-refractivity contribution < 1.29 is 4.79 Å². The van der Waals surface area contributed by atoms with Gasteiger partial charge in [-0.3, -0.25) is 4.79 Å². The molecule has 0 bridgehead atoms. The molecule has 6 heteroatoms. The van der Waals surface area contributed by atoms with E-state index in [1.54, 1.807) is 12.3 Å². The first kappa shape index (κ1) is 11.2. The van der Waals surface area contributed by atoms with Crippen LogP contribution in [0.1, 0.15) is 22.5 Å². The number of aromatic nitrogens is 2. The highest BCUT2D eigenvalue weighted by molar-refractivity contribution is 7.21. The summed E-state index contributed by atoms with van der Waals surface area (Å²) in [5.41, 5.74) is 6.47. The van der Waals surface area contributed by atoms with Crippen molar-refractivity contribution in [3.63, 3.8) is 0 Å². The highest BCUT2D eigenvalue weighted by Gasteiger charge is 2.20. The fraction of sp³-hybridized carbons (Fsp3) is 0.250. The van der Waals surface area contributed by atoms with Gasteiger partial charge in [-0.1, -0.05) is 12.2 Å². The molecule has 0 atom stereocenters. The largest absolute Gasteiger partial charge is 0.397 e. The molecule has 18 heavy (non-hydrogen) atoms. The minimum atomic E-state index is -0.121. The number of thiophene rings is 1. The highest BCUT2D eigenvalue weighted by atomic mass is 32.1. The van der Waals surface area contributed by atoms with Crippen LogP contribution in [0.4, 0.5) is 5.69 Å². The van der Waals surface area contributed by atoms with Gasteiger partial charge in [0.25, 0.3) is 5.91 Å². The Morgan fingerprint density at radius 2 is 2.22 bits per heavy atom. The number of nitrogens with zero attached hydrogens (tertiary/aromatic N) is 2. The number of nitrogen functional groups attached to an aromatic ring is 1. The van der Waals surface area contributed by atoms with Gasteiger partial charge in [-0.2, -0.15) is 5.10 Å². The number of amides is 1. The predicted molar refractivity (Wildman–Crippen MR) is 71.5 cm³/mol. The maximum Gasteiger partial charge on any atom is 0.263 e. The first-order chi connectivity index (χ1) is 8.75. The Hall–Kier alpha value is -1.95. The second-order valence-corrected chi connectivity index (χ2v) is 5.21. The summed E-state index contributed by atoms with van der Waals surface area (Å²) in [5.74, 6) is -0.121. The van der Waals surface area contributed by atoms with Gasteiger partial charge in [0.1, 0.15) is 9.71 Å². The molecule has 3 rings (SSSR count). The van der Waals surface area contributed by atoms with E-state index in [-0.39, 0.29) is 11.9 Å².